The lowest BCUT2D eigenvalue weighted by molar-refractivity contribution is -0.151. The molecule has 1 aromatic carbocycles. The van der Waals surface area contributed by atoms with Gasteiger partial charge in [-0.1, -0.05) is 17.7 Å². The van der Waals surface area contributed by atoms with Gasteiger partial charge >= 0.3 is 12.1 Å². The summed E-state index contributed by atoms with van der Waals surface area (Å²) < 4.78 is 41.8. The third-order valence-corrected chi connectivity index (χ3v) is 2.44. The minimum atomic E-state index is -4.61. The highest BCUT2D eigenvalue weighted by molar-refractivity contribution is 6.34. The molecular formula is C11H8ClF3O3. The number of halogens is 4. The molecule has 1 aromatic rings. The fraction of sp³-hybridized carbons (Fsp3) is 0.273. The Bertz CT molecular complexity index is 483. The van der Waals surface area contributed by atoms with Crippen molar-refractivity contribution in [1.82, 2.24) is 0 Å². The van der Waals surface area contributed by atoms with Crippen LogP contribution in [0.1, 0.15) is 11.1 Å². The molecule has 18 heavy (non-hydrogen) atoms. The van der Waals surface area contributed by atoms with Crippen LogP contribution in [0.2, 0.25) is 5.02 Å². The highest BCUT2D eigenvalue weighted by atomic mass is 35.5. The molecule has 0 unspecified atom stereocenters. The first-order valence-electron chi connectivity index (χ1n) is 4.72. The molecule has 7 heteroatoms. The molecule has 0 aliphatic carbocycles. The Labute approximate surface area is 105 Å². The number of esters is 1. The van der Waals surface area contributed by atoms with E-state index in [1.54, 1.807) is 0 Å². The van der Waals surface area contributed by atoms with Gasteiger partial charge in [0.1, 0.15) is 0 Å². The highest BCUT2D eigenvalue weighted by Crippen LogP contribution is 2.35. The van der Waals surface area contributed by atoms with Crippen molar-refractivity contribution in [3.63, 3.8) is 0 Å². The zero-order valence-corrected chi connectivity index (χ0v) is 9.93. The van der Waals surface area contributed by atoms with Gasteiger partial charge in [-0.25, -0.2) is 4.79 Å². The minimum absolute atomic E-state index is 0.0436. The van der Waals surface area contributed by atoms with E-state index in [0.29, 0.717) is 0 Å². The first-order valence-corrected chi connectivity index (χ1v) is 5.10. The predicted octanol–water partition coefficient (Wildman–Crippen LogP) is 2.64. The molecule has 1 rings (SSSR count). The Morgan fingerprint density at radius 3 is 2.44 bits per heavy atom. The molecule has 0 bridgehead atoms. The van der Waals surface area contributed by atoms with E-state index in [0.717, 1.165) is 19.2 Å². The summed E-state index contributed by atoms with van der Waals surface area (Å²) >= 11 is 5.41. The fourth-order valence-electron chi connectivity index (χ4n) is 1.27. The second-order valence-corrected chi connectivity index (χ2v) is 3.81. The first-order chi connectivity index (χ1) is 8.25. The molecule has 0 spiro atoms. The van der Waals surface area contributed by atoms with Crippen molar-refractivity contribution in [3.8, 4) is 0 Å². The van der Waals surface area contributed by atoms with E-state index in [2.05, 4.69) is 4.74 Å². The molecule has 0 N–H and O–H groups in total. The van der Waals surface area contributed by atoms with Crippen LogP contribution in [0, 0.1) is 0 Å². The van der Waals surface area contributed by atoms with Crippen molar-refractivity contribution in [3.05, 3.63) is 34.3 Å². The van der Waals surface area contributed by atoms with Gasteiger partial charge in [0.15, 0.2) is 0 Å². The maximum Gasteiger partial charge on any atom is 0.417 e. The molecule has 3 nitrogen and oxygen atoms in total. The summed E-state index contributed by atoms with van der Waals surface area (Å²) in [5, 5.41) is -0.461. The van der Waals surface area contributed by atoms with Crippen LogP contribution in [-0.2, 0) is 26.9 Å². The van der Waals surface area contributed by atoms with E-state index in [1.165, 1.54) is 6.07 Å². The first kappa shape index (κ1) is 14.5. The topological polar surface area (TPSA) is 43.4 Å². The van der Waals surface area contributed by atoms with Gasteiger partial charge in [-0.3, -0.25) is 4.79 Å². The van der Waals surface area contributed by atoms with Crippen molar-refractivity contribution in [2.45, 2.75) is 12.6 Å². The van der Waals surface area contributed by atoms with Crippen molar-refractivity contribution >= 4 is 23.4 Å². The van der Waals surface area contributed by atoms with E-state index < -0.39 is 34.9 Å². The zero-order valence-electron chi connectivity index (χ0n) is 9.18. The van der Waals surface area contributed by atoms with Crippen LogP contribution in [0.4, 0.5) is 13.2 Å². The average Bonchev–Trinajstić information content (AvgIpc) is 2.29. The number of rotatable bonds is 3. The maximum absolute atomic E-state index is 12.5. The normalized spacial score (nSPS) is 11.2. The van der Waals surface area contributed by atoms with Crippen LogP contribution >= 0.6 is 11.6 Å². The summed E-state index contributed by atoms with van der Waals surface area (Å²) in [6, 6.07) is 3.02. The third-order valence-electron chi connectivity index (χ3n) is 2.11. The molecule has 0 aromatic heterocycles. The lowest BCUT2D eigenvalue weighted by Crippen LogP contribution is -2.18. The van der Waals surface area contributed by atoms with Crippen molar-refractivity contribution in [1.29, 1.82) is 0 Å². The van der Waals surface area contributed by atoms with Crippen molar-refractivity contribution in [2.24, 2.45) is 0 Å². The molecule has 0 heterocycles. The van der Waals surface area contributed by atoms with Gasteiger partial charge in [-0.05, 0) is 17.7 Å². The summed E-state index contributed by atoms with van der Waals surface area (Å²) in [5.74, 6) is -2.02. The van der Waals surface area contributed by atoms with Gasteiger partial charge < -0.3 is 4.74 Å². The van der Waals surface area contributed by atoms with Gasteiger partial charge in [-0.2, -0.15) is 13.2 Å². The molecule has 98 valence electrons. The molecule has 0 amide bonds. The summed E-state index contributed by atoms with van der Waals surface area (Å²) in [4.78, 5) is 22.0. The van der Waals surface area contributed by atoms with Crippen LogP contribution in [0.25, 0.3) is 0 Å². The Balaban J connectivity index is 3.00. The number of carbonyl (C=O) groups is 2. The molecule has 0 saturated heterocycles. The fourth-order valence-corrected chi connectivity index (χ4v) is 1.50. The number of hydrogen-bond donors (Lipinski definition) is 0. The Hall–Kier alpha value is -1.56. The van der Waals surface area contributed by atoms with Crippen LogP contribution in [0.5, 0.6) is 0 Å². The number of ether oxygens (including phenoxy) is 1. The van der Waals surface area contributed by atoms with Crippen molar-refractivity contribution < 1.29 is 27.5 Å². The molecule has 0 aliphatic rings. The van der Waals surface area contributed by atoms with E-state index in [4.69, 9.17) is 11.6 Å². The zero-order chi connectivity index (χ0) is 13.9. The molecule has 0 atom stereocenters. The minimum Gasteiger partial charge on any atom is -0.463 e. The third kappa shape index (κ3) is 3.46. The number of Topliss-reactive ketones (excluding diaryl/α,β-unsaturated/α-hetero) is 1. The number of alkyl halides is 3. The van der Waals surface area contributed by atoms with E-state index in [9.17, 15) is 22.8 Å². The summed E-state index contributed by atoms with van der Waals surface area (Å²) in [5.41, 5.74) is -0.999. The molecule has 0 radical (unpaired) electrons. The molecule has 0 saturated carbocycles. The van der Waals surface area contributed by atoms with E-state index >= 15 is 0 Å². The molecular weight excluding hydrogens is 273 g/mol. The SMILES string of the molecule is COC(=O)C(=O)Cc1ccc(Cl)c(C(F)(F)F)c1. The van der Waals surface area contributed by atoms with Crippen molar-refractivity contribution in [2.75, 3.05) is 7.11 Å². The maximum atomic E-state index is 12.5. The Kier molecular flexibility index (Phi) is 4.34. The second-order valence-electron chi connectivity index (χ2n) is 3.40. The van der Waals surface area contributed by atoms with E-state index in [1.807, 2.05) is 0 Å². The van der Waals surface area contributed by atoms with Crippen LogP contribution in [0.15, 0.2) is 18.2 Å². The monoisotopic (exact) mass is 280 g/mol. The van der Waals surface area contributed by atoms with Gasteiger partial charge in [0.2, 0.25) is 5.78 Å². The number of ketones is 1. The molecule has 0 fully saturated rings. The van der Waals surface area contributed by atoms with Gasteiger partial charge in [-0.15, -0.1) is 0 Å². The Morgan fingerprint density at radius 2 is 1.94 bits per heavy atom. The summed E-state index contributed by atoms with van der Waals surface area (Å²) in [6.07, 6.45) is -5.08. The summed E-state index contributed by atoms with van der Waals surface area (Å²) in [6.45, 7) is 0. The quantitative estimate of drug-likeness (QED) is 0.631. The number of methoxy groups -OCH3 is 1. The lowest BCUT2D eigenvalue weighted by Gasteiger charge is -2.10. The number of hydrogen-bond acceptors (Lipinski definition) is 3. The second kappa shape index (κ2) is 5.39. The van der Waals surface area contributed by atoms with Gasteiger partial charge in [0, 0.05) is 6.42 Å². The average molecular weight is 281 g/mol. The standard InChI is InChI=1S/C11H8ClF3O3/c1-18-10(17)9(16)5-6-2-3-8(12)7(4-6)11(13,14)15/h2-4H,5H2,1H3. The van der Waals surface area contributed by atoms with Crippen LogP contribution < -0.4 is 0 Å². The summed E-state index contributed by atoms with van der Waals surface area (Å²) in [7, 11) is 1.02. The largest absolute Gasteiger partial charge is 0.463 e. The molecule has 0 aliphatic heterocycles. The predicted molar refractivity (Wildman–Crippen MR) is 57.2 cm³/mol. The van der Waals surface area contributed by atoms with Gasteiger partial charge in [0.25, 0.3) is 0 Å². The van der Waals surface area contributed by atoms with Gasteiger partial charge in [0.05, 0.1) is 17.7 Å². The van der Waals surface area contributed by atoms with Crippen LogP contribution in [-0.4, -0.2) is 18.9 Å². The lowest BCUT2D eigenvalue weighted by atomic mass is 10.1. The van der Waals surface area contributed by atoms with E-state index in [-0.39, 0.29) is 5.56 Å². The smallest absolute Gasteiger partial charge is 0.417 e. The Morgan fingerprint density at radius 1 is 1.33 bits per heavy atom. The van der Waals surface area contributed by atoms with Crippen LogP contribution in [0.3, 0.4) is 0 Å². The highest BCUT2D eigenvalue weighted by Gasteiger charge is 2.33. The number of benzene rings is 1. The number of carbonyl (C=O) groups excluding carboxylic acids is 2.